The second-order valence-corrected chi connectivity index (χ2v) is 17.7. The van der Waals surface area contributed by atoms with E-state index in [9.17, 15) is 0 Å². The highest BCUT2D eigenvalue weighted by atomic mass is 32.1. The quantitative estimate of drug-likeness (QED) is 0.176. The lowest BCUT2D eigenvalue weighted by Crippen LogP contribution is -2.25. The Labute approximate surface area is 362 Å². The Morgan fingerprint density at radius 3 is 1.74 bits per heavy atom. The van der Waals surface area contributed by atoms with Gasteiger partial charge in [-0.1, -0.05) is 170 Å². The van der Waals surface area contributed by atoms with Crippen LogP contribution < -0.4 is 4.90 Å². The van der Waals surface area contributed by atoms with Crippen LogP contribution in [0.4, 0.5) is 17.1 Å². The van der Waals surface area contributed by atoms with Crippen LogP contribution in [0.5, 0.6) is 0 Å². The minimum atomic E-state index is -0.511. The summed E-state index contributed by atoms with van der Waals surface area (Å²) < 4.78 is 10.0. The molecule has 2 aliphatic carbocycles. The van der Waals surface area contributed by atoms with Crippen molar-refractivity contribution in [2.24, 2.45) is 0 Å². The molecule has 0 radical (unpaired) electrons. The Bertz CT molecular complexity index is 3780. The Morgan fingerprint density at radius 1 is 0.387 bits per heavy atom. The molecule has 0 fully saturated rings. The van der Waals surface area contributed by atoms with E-state index in [0.717, 1.165) is 50.1 Å². The average Bonchev–Trinajstić information content (AvgIpc) is 4.08. The molecule has 2 heterocycles. The van der Waals surface area contributed by atoms with E-state index in [1.165, 1.54) is 75.5 Å². The molecule has 0 unspecified atom stereocenters. The van der Waals surface area contributed by atoms with E-state index < -0.39 is 5.41 Å². The van der Waals surface area contributed by atoms with Crippen LogP contribution in [0.25, 0.3) is 86.3 Å². The van der Waals surface area contributed by atoms with Crippen LogP contribution >= 0.6 is 11.3 Å². The normalized spacial score (nSPS) is 13.3. The summed E-state index contributed by atoms with van der Waals surface area (Å²) in [5, 5.41) is 7.13. The summed E-state index contributed by atoms with van der Waals surface area (Å²) in [6, 6.07) is 78.3. The van der Waals surface area contributed by atoms with Gasteiger partial charge in [0.15, 0.2) is 0 Å². The number of rotatable bonds is 4. The molecule has 1 spiro atoms. The molecular formula is C59H35NOS. The van der Waals surface area contributed by atoms with E-state index in [2.05, 4.69) is 217 Å². The largest absolute Gasteiger partial charge is 0.455 e. The van der Waals surface area contributed by atoms with Gasteiger partial charge < -0.3 is 9.32 Å². The molecule has 0 N–H and O–H groups in total. The van der Waals surface area contributed by atoms with Crippen LogP contribution in [0.1, 0.15) is 22.3 Å². The van der Waals surface area contributed by atoms with E-state index >= 15 is 0 Å². The summed E-state index contributed by atoms with van der Waals surface area (Å²) in [5.74, 6) is 0. The van der Waals surface area contributed by atoms with Gasteiger partial charge in [0, 0.05) is 36.5 Å². The Morgan fingerprint density at radius 2 is 0.952 bits per heavy atom. The van der Waals surface area contributed by atoms with Gasteiger partial charge in [0.25, 0.3) is 0 Å². The lowest BCUT2D eigenvalue weighted by molar-refractivity contribution is 0.669. The number of hydrogen-bond acceptors (Lipinski definition) is 3. The standard InChI is InChI=1S/C59H35NOS/c1-2-17-37(18-3-1)43-35-47-54(41-24-8-12-28-46(41)59(47)44-26-10-6-22-39(44)40-23-7-11-27-45(40)59)58-56(43)57-50(30-15-32-51(57)61-58)60(48-29-14-20-36-19-4-5-21-38(36)48)49-31-16-34-53-55(49)42-25-9-13-33-52(42)62-53/h1-35H. The summed E-state index contributed by atoms with van der Waals surface area (Å²) in [6.45, 7) is 0. The highest BCUT2D eigenvalue weighted by Crippen LogP contribution is 2.65. The maximum atomic E-state index is 7.46. The Kier molecular flexibility index (Phi) is 6.95. The molecule has 62 heavy (non-hydrogen) atoms. The average molecular weight is 806 g/mol. The Hall–Kier alpha value is -7.72. The topological polar surface area (TPSA) is 16.4 Å². The molecular weight excluding hydrogens is 771 g/mol. The van der Waals surface area contributed by atoms with Gasteiger partial charge in [0.2, 0.25) is 0 Å². The van der Waals surface area contributed by atoms with Gasteiger partial charge in [-0.05, 0) is 97.9 Å². The maximum Gasteiger partial charge on any atom is 0.144 e. The molecule has 0 atom stereocenters. The van der Waals surface area contributed by atoms with E-state index in [4.69, 9.17) is 4.42 Å². The monoisotopic (exact) mass is 805 g/mol. The van der Waals surface area contributed by atoms with Crippen LogP contribution in [-0.4, -0.2) is 0 Å². The predicted molar refractivity (Wildman–Crippen MR) is 261 cm³/mol. The molecule has 12 aromatic rings. The molecule has 14 rings (SSSR count). The highest BCUT2D eigenvalue weighted by Gasteiger charge is 2.52. The molecule has 0 amide bonds. The molecule has 288 valence electrons. The van der Waals surface area contributed by atoms with Crippen LogP contribution in [0.15, 0.2) is 217 Å². The fourth-order valence-corrected chi connectivity index (χ4v) is 12.4. The SMILES string of the molecule is c1ccc(-c2cc3c(c4oc5cccc(N(c6cccc7ccccc67)c6cccc7sc8ccccc8c67)c5c24)-c2ccccc2C32c3ccccc3-c3ccccc32)cc1. The predicted octanol–water partition coefficient (Wildman–Crippen LogP) is 16.6. The fraction of sp³-hybridized carbons (Fsp3) is 0.0169. The van der Waals surface area contributed by atoms with E-state index in [0.29, 0.717) is 0 Å². The number of thiophene rings is 1. The zero-order valence-electron chi connectivity index (χ0n) is 33.5. The molecule has 0 bridgehead atoms. The van der Waals surface area contributed by atoms with E-state index in [1.807, 2.05) is 11.3 Å². The minimum absolute atomic E-state index is 0.511. The van der Waals surface area contributed by atoms with Crippen molar-refractivity contribution in [1.82, 2.24) is 0 Å². The van der Waals surface area contributed by atoms with Crippen LogP contribution in [0.3, 0.4) is 0 Å². The van der Waals surface area contributed by atoms with Crippen molar-refractivity contribution in [2.45, 2.75) is 5.41 Å². The van der Waals surface area contributed by atoms with Crippen LogP contribution in [0, 0.1) is 0 Å². The molecule has 2 aromatic heterocycles. The van der Waals surface area contributed by atoms with Crippen molar-refractivity contribution >= 4 is 81.3 Å². The molecule has 2 aliphatic rings. The van der Waals surface area contributed by atoms with Crippen molar-refractivity contribution < 1.29 is 4.42 Å². The first-order chi connectivity index (χ1) is 30.8. The van der Waals surface area contributed by atoms with Crippen molar-refractivity contribution in [3.63, 3.8) is 0 Å². The molecule has 0 saturated heterocycles. The summed E-state index contributed by atoms with van der Waals surface area (Å²) in [5.41, 5.74) is 17.1. The zero-order chi connectivity index (χ0) is 40.5. The van der Waals surface area contributed by atoms with Crippen molar-refractivity contribution in [3.8, 4) is 33.4 Å². The molecule has 0 saturated carbocycles. The maximum absolute atomic E-state index is 7.46. The van der Waals surface area contributed by atoms with Gasteiger partial charge in [0.1, 0.15) is 11.2 Å². The lowest BCUT2D eigenvalue weighted by Gasteiger charge is -2.31. The van der Waals surface area contributed by atoms with Gasteiger partial charge in [-0.2, -0.15) is 0 Å². The first-order valence-electron chi connectivity index (χ1n) is 21.3. The number of anilines is 3. The fourth-order valence-electron chi connectivity index (χ4n) is 11.3. The second-order valence-electron chi connectivity index (χ2n) is 16.6. The summed E-state index contributed by atoms with van der Waals surface area (Å²) in [7, 11) is 0. The third-order valence-corrected chi connectivity index (χ3v) is 14.8. The van der Waals surface area contributed by atoms with Crippen molar-refractivity contribution in [2.75, 3.05) is 4.90 Å². The van der Waals surface area contributed by atoms with Crippen LogP contribution in [0.2, 0.25) is 0 Å². The van der Waals surface area contributed by atoms with Crippen LogP contribution in [-0.2, 0) is 5.41 Å². The zero-order valence-corrected chi connectivity index (χ0v) is 34.3. The second kappa shape index (κ2) is 12.7. The van der Waals surface area contributed by atoms with Crippen molar-refractivity contribution in [1.29, 1.82) is 0 Å². The Balaban J connectivity index is 1.16. The number of hydrogen-bond donors (Lipinski definition) is 0. The summed E-state index contributed by atoms with van der Waals surface area (Å²) in [4.78, 5) is 2.52. The van der Waals surface area contributed by atoms with Gasteiger partial charge in [-0.3, -0.25) is 0 Å². The third kappa shape index (κ3) is 4.37. The van der Waals surface area contributed by atoms with Gasteiger partial charge in [-0.25, -0.2) is 0 Å². The smallest absolute Gasteiger partial charge is 0.144 e. The number of benzene rings is 10. The molecule has 10 aromatic carbocycles. The summed E-state index contributed by atoms with van der Waals surface area (Å²) in [6.07, 6.45) is 0. The molecule has 0 aliphatic heterocycles. The van der Waals surface area contributed by atoms with E-state index in [1.54, 1.807) is 0 Å². The molecule has 3 heteroatoms. The van der Waals surface area contributed by atoms with Gasteiger partial charge in [-0.15, -0.1) is 11.3 Å². The lowest BCUT2D eigenvalue weighted by atomic mass is 9.70. The molecule has 2 nitrogen and oxygen atoms in total. The number of furan rings is 1. The highest BCUT2D eigenvalue weighted by molar-refractivity contribution is 7.26. The summed E-state index contributed by atoms with van der Waals surface area (Å²) >= 11 is 1.86. The van der Waals surface area contributed by atoms with Gasteiger partial charge >= 0.3 is 0 Å². The number of fused-ring (bicyclic) bond motifs is 18. The number of nitrogens with zero attached hydrogens (tertiary/aromatic N) is 1. The van der Waals surface area contributed by atoms with E-state index in [-0.39, 0.29) is 0 Å². The third-order valence-electron chi connectivity index (χ3n) is 13.7. The first-order valence-corrected chi connectivity index (χ1v) is 22.2. The van der Waals surface area contributed by atoms with Crippen molar-refractivity contribution in [3.05, 3.63) is 235 Å². The van der Waals surface area contributed by atoms with Gasteiger partial charge in [0.05, 0.1) is 27.9 Å². The minimum Gasteiger partial charge on any atom is -0.455 e. The first kappa shape index (κ1) is 34.0.